The Hall–Kier alpha value is -1.54. The summed E-state index contributed by atoms with van der Waals surface area (Å²) in [5.74, 6) is 0. The Labute approximate surface area is 72.9 Å². The van der Waals surface area contributed by atoms with Gasteiger partial charge in [0.05, 0.1) is 4.92 Å². The SMILES string of the molecule is O=[N+]([O-])c1ccc(S(=O)(=O)O)nc1. The first-order chi connectivity index (χ1) is 5.91. The average Bonchev–Trinajstić information content (AvgIpc) is 2.03. The summed E-state index contributed by atoms with van der Waals surface area (Å²) < 4.78 is 29.3. The molecule has 1 heterocycles. The van der Waals surface area contributed by atoms with E-state index in [4.69, 9.17) is 4.55 Å². The third-order valence-electron chi connectivity index (χ3n) is 1.20. The lowest BCUT2D eigenvalue weighted by atomic mass is 10.4. The Bertz CT molecular complexity index is 423. The Morgan fingerprint density at radius 1 is 1.46 bits per heavy atom. The normalized spacial score (nSPS) is 11.2. The van der Waals surface area contributed by atoms with E-state index >= 15 is 0 Å². The first-order valence-corrected chi connectivity index (χ1v) is 4.43. The van der Waals surface area contributed by atoms with Crippen LogP contribution in [0.2, 0.25) is 0 Å². The second-order valence-corrected chi connectivity index (χ2v) is 3.46. The van der Waals surface area contributed by atoms with E-state index < -0.39 is 20.1 Å². The van der Waals surface area contributed by atoms with Gasteiger partial charge < -0.3 is 0 Å². The molecule has 0 spiro atoms. The molecular formula is C5H4N2O5S. The standard InChI is InChI=1S/C5H4N2O5S/c8-7(9)4-1-2-5(6-3-4)13(10,11)12/h1-3H,(H,10,11,12). The van der Waals surface area contributed by atoms with Gasteiger partial charge in [-0.25, -0.2) is 4.98 Å². The van der Waals surface area contributed by atoms with E-state index in [0.717, 1.165) is 18.3 Å². The largest absolute Gasteiger partial charge is 0.312 e. The molecule has 0 aliphatic carbocycles. The molecule has 13 heavy (non-hydrogen) atoms. The lowest BCUT2D eigenvalue weighted by Crippen LogP contribution is -2.01. The number of aromatic nitrogens is 1. The Kier molecular flexibility index (Phi) is 2.26. The van der Waals surface area contributed by atoms with E-state index in [1.807, 2.05) is 0 Å². The van der Waals surface area contributed by atoms with Gasteiger partial charge in [-0.3, -0.25) is 14.7 Å². The molecule has 0 radical (unpaired) electrons. The third-order valence-corrected chi connectivity index (χ3v) is 1.97. The summed E-state index contributed by atoms with van der Waals surface area (Å²) in [5, 5.41) is 9.50. The van der Waals surface area contributed by atoms with Crippen LogP contribution in [0.3, 0.4) is 0 Å². The van der Waals surface area contributed by atoms with Gasteiger partial charge in [0.2, 0.25) is 0 Å². The molecule has 1 aromatic rings. The highest BCUT2D eigenvalue weighted by Crippen LogP contribution is 2.11. The van der Waals surface area contributed by atoms with E-state index in [9.17, 15) is 18.5 Å². The first-order valence-electron chi connectivity index (χ1n) is 2.99. The van der Waals surface area contributed by atoms with E-state index in [0.29, 0.717) is 0 Å². The van der Waals surface area contributed by atoms with Crippen molar-refractivity contribution in [3.63, 3.8) is 0 Å². The van der Waals surface area contributed by atoms with Crippen LogP contribution < -0.4 is 0 Å². The van der Waals surface area contributed by atoms with Crippen molar-refractivity contribution in [1.82, 2.24) is 4.98 Å². The summed E-state index contributed by atoms with van der Waals surface area (Å²) in [6, 6.07) is 1.80. The number of nitro groups is 1. The van der Waals surface area contributed by atoms with Crippen LogP contribution in [0.4, 0.5) is 5.69 Å². The van der Waals surface area contributed by atoms with Gasteiger partial charge in [0.15, 0.2) is 5.03 Å². The molecule has 0 fully saturated rings. The van der Waals surface area contributed by atoms with Crippen molar-refractivity contribution < 1.29 is 17.9 Å². The second kappa shape index (κ2) is 3.07. The predicted octanol–water partition coefficient (Wildman–Crippen LogP) is 0.236. The molecule has 0 atom stereocenters. The van der Waals surface area contributed by atoms with Gasteiger partial charge in [-0.05, 0) is 6.07 Å². The van der Waals surface area contributed by atoms with E-state index in [1.165, 1.54) is 0 Å². The van der Waals surface area contributed by atoms with Gasteiger partial charge in [-0.15, -0.1) is 0 Å². The fourth-order valence-corrected chi connectivity index (χ4v) is 1.06. The minimum Gasteiger partial charge on any atom is -0.281 e. The summed E-state index contributed by atoms with van der Waals surface area (Å²) in [7, 11) is -4.38. The topological polar surface area (TPSA) is 110 Å². The zero-order valence-electron chi connectivity index (χ0n) is 6.11. The van der Waals surface area contributed by atoms with Crippen LogP contribution in [0.1, 0.15) is 0 Å². The van der Waals surface area contributed by atoms with Gasteiger partial charge >= 0.3 is 10.1 Å². The maximum atomic E-state index is 10.4. The van der Waals surface area contributed by atoms with Crippen molar-refractivity contribution in [2.75, 3.05) is 0 Å². The van der Waals surface area contributed by atoms with Gasteiger partial charge in [-0.1, -0.05) is 0 Å². The monoisotopic (exact) mass is 204 g/mol. The molecule has 0 amide bonds. The molecule has 0 aliphatic heterocycles. The third kappa shape index (κ3) is 2.20. The van der Waals surface area contributed by atoms with E-state index in [2.05, 4.69) is 4.98 Å². The van der Waals surface area contributed by atoms with E-state index in [-0.39, 0.29) is 5.69 Å². The molecule has 70 valence electrons. The average molecular weight is 204 g/mol. The highest BCUT2D eigenvalue weighted by atomic mass is 32.2. The van der Waals surface area contributed by atoms with Crippen molar-refractivity contribution >= 4 is 15.8 Å². The first kappa shape index (κ1) is 9.55. The summed E-state index contributed by atoms with van der Waals surface area (Å²) in [4.78, 5) is 12.6. The van der Waals surface area contributed by atoms with Crippen LogP contribution in [0, 0.1) is 10.1 Å². The molecule has 1 aromatic heterocycles. The van der Waals surface area contributed by atoms with E-state index in [1.54, 1.807) is 0 Å². The Balaban J connectivity index is 3.16. The number of hydrogen-bond acceptors (Lipinski definition) is 5. The molecule has 1 rings (SSSR count). The summed E-state index contributed by atoms with van der Waals surface area (Å²) in [5.41, 5.74) is -0.340. The van der Waals surface area contributed by atoms with Crippen LogP contribution in [0.15, 0.2) is 23.4 Å². The van der Waals surface area contributed by atoms with Crippen LogP contribution >= 0.6 is 0 Å². The lowest BCUT2D eigenvalue weighted by molar-refractivity contribution is -0.385. The maximum Gasteiger partial charge on any atom is 0.312 e. The van der Waals surface area contributed by atoms with Gasteiger partial charge in [-0.2, -0.15) is 8.42 Å². The molecule has 0 saturated carbocycles. The lowest BCUT2D eigenvalue weighted by Gasteiger charge is -1.93. The fraction of sp³-hybridized carbons (Fsp3) is 0. The van der Waals surface area contributed by atoms with Crippen molar-refractivity contribution in [3.05, 3.63) is 28.4 Å². The van der Waals surface area contributed by atoms with Gasteiger partial charge in [0, 0.05) is 6.07 Å². The van der Waals surface area contributed by atoms with Gasteiger partial charge in [0.1, 0.15) is 6.20 Å². The zero-order chi connectivity index (χ0) is 10.1. The van der Waals surface area contributed by atoms with Crippen molar-refractivity contribution in [3.8, 4) is 0 Å². The smallest absolute Gasteiger partial charge is 0.281 e. The Morgan fingerprint density at radius 3 is 2.38 bits per heavy atom. The van der Waals surface area contributed by atoms with Crippen LogP contribution in [-0.2, 0) is 10.1 Å². The van der Waals surface area contributed by atoms with Gasteiger partial charge in [0.25, 0.3) is 5.69 Å². The summed E-state index contributed by atoms with van der Waals surface area (Å²) in [6.45, 7) is 0. The summed E-state index contributed by atoms with van der Waals surface area (Å²) in [6.07, 6.45) is 0.753. The molecule has 7 nitrogen and oxygen atoms in total. The van der Waals surface area contributed by atoms with Crippen molar-refractivity contribution in [1.29, 1.82) is 0 Å². The minimum absolute atomic E-state index is 0.340. The summed E-state index contributed by atoms with van der Waals surface area (Å²) >= 11 is 0. The molecular weight excluding hydrogens is 200 g/mol. The maximum absolute atomic E-state index is 10.4. The van der Waals surface area contributed by atoms with Crippen molar-refractivity contribution in [2.24, 2.45) is 0 Å². The zero-order valence-corrected chi connectivity index (χ0v) is 6.93. The highest BCUT2D eigenvalue weighted by molar-refractivity contribution is 7.85. The van der Waals surface area contributed by atoms with Crippen LogP contribution in [-0.4, -0.2) is 22.9 Å². The quantitative estimate of drug-likeness (QED) is 0.419. The molecule has 0 unspecified atom stereocenters. The number of rotatable bonds is 2. The number of hydrogen-bond donors (Lipinski definition) is 1. The second-order valence-electron chi connectivity index (χ2n) is 2.09. The van der Waals surface area contributed by atoms with Crippen LogP contribution in [0.5, 0.6) is 0 Å². The minimum atomic E-state index is -4.38. The number of pyridine rings is 1. The molecule has 8 heteroatoms. The molecule has 0 bridgehead atoms. The molecule has 1 N–H and O–H groups in total. The molecule has 0 saturated heterocycles. The molecule has 0 aliphatic rings. The number of nitrogens with zero attached hydrogens (tertiary/aromatic N) is 2. The Morgan fingerprint density at radius 2 is 2.08 bits per heavy atom. The fourth-order valence-electron chi connectivity index (χ4n) is 0.633. The predicted molar refractivity (Wildman–Crippen MR) is 40.7 cm³/mol. The highest BCUT2D eigenvalue weighted by Gasteiger charge is 2.13. The van der Waals surface area contributed by atoms with Crippen molar-refractivity contribution in [2.45, 2.75) is 5.03 Å². The molecule has 0 aromatic carbocycles. The van der Waals surface area contributed by atoms with Crippen LogP contribution in [0.25, 0.3) is 0 Å².